The first-order valence-electron chi connectivity index (χ1n) is 3.55. The summed E-state index contributed by atoms with van der Waals surface area (Å²) in [6.45, 7) is -0.478. The van der Waals surface area contributed by atoms with Crippen LogP contribution in [0, 0.1) is 11.6 Å². The third-order valence-electron chi connectivity index (χ3n) is 1.60. The van der Waals surface area contributed by atoms with Crippen molar-refractivity contribution >= 4 is 11.6 Å². The Morgan fingerprint density at radius 2 is 2.00 bits per heavy atom. The Kier molecular flexibility index (Phi) is 3.17. The molecule has 0 amide bonds. The summed E-state index contributed by atoms with van der Waals surface area (Å²) in [5.41, 5.74) is 4.24. The van der Waals surface area contributed by atoms with Gasteiger partial charge >= 0.3 is 0 Å². The van der Waals surface area contributed by atoms with Crippen molar-refractivity contribution in [3.8, 4) is 0 Å². The Morgan fingerprint density at radius 1 is 1.38 bits per heavy atom. The minimum absolute atomic E-state index is 0.312. The fourth-order valence-corrected chi connectivity index (χ4v) is 1.11. The van der Waals surface area contributed by atoms with Gasteiger partial charge in [-0.3, -0.25) is 0 Å². The van der Waals surface area contributed by atoms with Gasteiger partial charge in [0.05, 0.1) is 10.6 Å². The molecule has 0 saturated heterocycles. The molecular weight excluding hydrogens is 203 g/mol. The number of halogens is 4. The van der Waals surface area contributed by atoms with Gasteiger partial charge in [-0.25, -0.2) is 13.2 Å². The highest BCUT2D eigenvalue weighted by atomic mass is 35.5. The van der Waals surface area contributed by atoms with E-state index in [1.807, 2.05) is 0 Å². The van der Waals surface area contributed by atoms with Crippen molar-refractivity contribution in [3.63, 3.8) is 0 Å². The highest BCUT2D eigenvalue weighted by Crippen LogP contribution is 2.27. The van der Waals surface area contributed by atoms with Crippen LogP contribution in [0.15, 0.2) is 12.1 Å². The van der Waals surface area contributed by atoms with Gasteiger partial charge in [0.15, 0.2) is 5.82 Å². The molecule has 5 heteroatoms. The quantitative estimate of drug-likeness (QED) is 0.745. The minimum atomic E-state index is -1.86. The van der Waals surface area contributed by atoms with Gasteiger partial charge in [0, 0.05) is 6.54 Å². The van der Waals surface area contributed by atoms with Crippen molar-refractivity contribution in [3.05, 3.63) is 34.4 Å². The molecule has 72 valence electrons. The summed E-state index contributed by atoms with van der Waals surface area (Å²) in [6.07, 6.45) is -1.86. The molecule has 1 aromatic carbocycles. The van der Waals surface area contributed by atoms with Crippen LogP contribution < -0.4 is 5.73 Å². The second kappa shape index (κ2) is 3.98. The van der Waals surface area contributed by atoms with Crippen LogP contribution in [0.2, 0.25) is 5.02 Å². The lowest BCUT2D eigenvalue weighted by Crippen LogP contribution is -2.11. The largest absolute Gasteiger partial charge is 0.327 e. The predicted octanol–water partition coefficient (Wildman–Crippen LogP) is 2.59. The summed E-state index contributed by atoms with van der Waals surface area (Å²) in [7, 11) is 0. The van der Waals surface area contributed by atoms with Crippen molar-refractivity contribution < 1.29 is 13.2 Å². The fourth-order valence-electron chi connectivity index (χ4n) is 0.948. The van der Waals surface area contributed by atoms with Crippen molar-refractivity contribution in [2.45, 2.75) is 6.17 Å². The molecule has 1 unspecified atom stereocenters. The van der Waals surface area contributed by atoms with Gasteiger partial charge < -0.3 is 5.73 Å². The summed E-state index contributed by atoms with van der Waals surface area (Å²) in [6, 6.07) is 1.93. The van der Waals surface area contributed by atoms with Gasteiger partial charge in [-0.1, -0.05) is 11.6 Å². The first kappa shape index (κ1) is 10.3. The minimum Gasteiger partial charge on any atom is -0.327 e. The first-order valence-corrected chi connectivity index (χ1v) is 3.93. The number of nitrogens with two attached hydrogens (primary N) is 1. The van der Waals surface area contributed by atoms with Crippen LogP contribution >= 0.6 is 11.6 Å². The summed E-state index contributed by atoms with van der Waals surface area (Å²) < 4.78 is 38.8. The molecule has 1 nitrogen and oxygen atoms in total. The summed E-state index contributed by atoms with van der Waals surface area (Å²) in [4.78, 5) is 0. The molecule has 1 rings (SSSR count). The van der Waals surface area contributed by atoms with Crippen molar-refractivity contribution in [2.24, 2.45) is 5.73 Å². The van der Waals surface area contributed by atoms with Crippen molar-refractivity contribution in [2.75, 3.05) is 6.54 Å². The Balaban J connectivity index is 3.25. The number of rotatable bonds is 2. The van der Waals surface area contributed by atoms with Gasteiger partial charge in [0.2, 0.25) is 0 Å². The molecule has 0 heterocycles. The molecule has 0 aliphatic heterocycles. The Bertz CT molecular complexity index is 317. The van der Waals surface area contributed by atoms with Crippen LogP contribution in [0.3, 0.4) is 0 Å². The Morgan fingerprint density at radius 3 is 2.54 bits per heavy atom. The van der Waals surface area contributed by atoms with E-state index in [1.165, 1.54) is 0 Å². The molecule has 0 fully saturated rings. The molecule has 1 atom stereocenters. The highest BCUT2D eigenvalue weighted by molar-refractivity contribution is 6.30. The van der Waals surface area contributed by atoms with Crippen LogP contribution in [-0.2, 0) is 0 Å². The molecule has 0 radical (unpaired) electrons. The maximum Gasteiger partial charge on any atom is 0.150 e. The number of benzene rings is 1. The average Bonchev–Trinajstić information content (AvgIpc) is 2.12. The molecule has 0 saturated carbocycles. The van der Waals surface area contributed by atoms with Gasteiger partial charge in [0.25, 0.3) is 0 Å². The Hall–Kier alpha value is -0.740. The van der Waals surface area contributed by atoms with Gasteiger partial charge in [-0.15, -0.1) is 0 Å². The second-order valence-corrected chi connectivity index (χ2v) is 2.87. The van der Waals surface area contributed by atoms with Crippen molar-refractivity contribution in [1.29, 1.82) is 0 Å². The van der Waals surface area contributed by atoms with Crippen LogP contribution in [0.5, 0.6) is 0 Å². The fraction of sp³-hybridized carbons (Fsp3) is 0.250. The maximum atomic E-state index is 13.0. The van der Waals surface area contributed by atoms with E-state index in [0.717, 1.165) is 12.1 Å². The number of hydrogen-bond acceptors (Lipinski definition) is 1. The van der Waals surface area contributed by atoms with E-state index in [9.17, 15) is 13.2 Å². The average molecular weight is 210 g/mol. The van der Waals surface area contributed by atoms with Gasteiger partial charge in [-0.05, 0) is 12.1 Å². The molecule has 2 N–H and O–H groups in total. The van der Waals surface area contributed by atoms with E-state index in [2.05, 4.69) is 0 Å². The lowest BCUT2D eigenvalue weighted by molar-refractivity contribution is 0.328. The van der Waals surface area contributed by atoms with E-state index in [0.29, 0.717) is 0 Å². The van der Waals surface area contributed by atoms with E-state index in [4.69, 9.17) is 17.3 Å². The molecule has 1 aromatic rings. The highest BCUT2D eigenvalue weighted by Gasteiger charge is 2.20. The van der Waals surface area contributed by atoms with E-state index >= 15 is 0 Å². The third kappa shape index (κ3) is 1.95. The third-order valence-corrected chi connectivity index (χ3v) is 1.89. The van der Waals surface area contributed by atoms with Crippen LogP contribution in [0.25, 0.3) is 0 Å². The molecule has 0 spiro atoms. The lowest BCUT2D eigenvalue weighted by atomic mass is 10.1. The number of hydrogen-bond donors (Lipinski definition) is 1. The molecule has 0 aromatic heterocycles. The molecule has 13 heavy (non-hydrogen) atoms. The monoisotopic (exact) mass is 209 g/mol. The summed E-state index contributed by atoms with van der Waals surface area (Å²) >= 11 is 5.34. The lowest BCUT2D eigenvalue weighted by Gasteiger charge is -2.08. The summed E-state index contributed by atoms with van der Waals surface area (Å²) in [5, 5.41) is -0.312. The SMILES string of the molecule is NCC(F)c1c(F)ccc(Cl)c1F. The number of alkyl halides is 1. The zero-order valence-electron chi connectivity index (χ0n) is 6.53. The standard InChI is InChI=1S/C8H7ClF3N/c9-4-1-2-5(10)7(8(4)12)6(11)3-13/h1-2,6H,3,13H2. The van der Waals surface area contributed by atoms with Gasteiger partial charge in [-0.2, -0.15) is 0 Å². The molecule has 0 aliphatic rings. The van der Waals surface area contributed by atoms with Gasteiger partial charge in [0.1, 0.15) is 12.0 Å². The van der Waals surface area contributed by atoms with E-state index in [-0.39, 0.29) is 5.02 Å². The second-order valence-electron chi connectivity index (χ2n) is 2.46. The summed E-state index contributed by atoms with van der Waals surface area (Å²) in [5.74, 6) is -2.06. The molecule has 0 aliphatic carbocycles. The molecule has 0 bridgehead atoms. The smallest absolute Gasteiger partial charge is 0.150 e. The van der Waals surface area contributed by atoms with Crippen LogP contribution in [0.4, 0.5) is 13.2 Å². The normalized spacial score (nSPS) is 13.0. The van der Waals surface area contributed by atoms with Crippen molar-refractivity contribution in [1.82, 2.24) is 0 Å². The Labute approximate surface area is 78.3 Å². The van der Waals surface area contributed by atoms with E-state index in [1.54, 1.807) is 0 Å². The van der Waals surface area contributed by atoms with E-state index < -0.39 is 29.9 Å². The maximum absolute atomic E-state index is 13.0. The molecular formula is C8H7ClF3N. The first-order chi connectivity index (χ1) is 6.07. The van der Waals surface area contributed by atoms with Crippen LogP contribution in [0.1, 0.15) is 11.7 Å². The van der Waals surface area contributed by atoms with Crippen LogP contribution in [-0.4, -0.2) is 6.54 Å². The predicted molar refractivity (Wildman–Crippen MR) is 44.3 cm³/mol. The zero-order chi connectivity index (χ0) is 10.0. The topological polar surface area (TPSA) is 26.0 Å². The zero-order valence-corrected chi connectivity index (χ0v) is 7.28.